The van der Waals surface area contributed by atoms with E-state index in [1.807, 2.05) is 30.3 Å². The minimum atomic E-state index is -4.68. The molecule has 1 aromatic carbocycles. The Morgan fingerprint density at radius 1 is 1.26 bits per heavy atom. The van der Waals surface area contributed by atoms with Gasteiger partial charge in [0.25, 0.3) is 0 Å². The number of rotatable bonds is 8. The van der Waals surface area contributed by atoms with Crippen LogP contribution in [0.25, 0.3) is 0 Å². The highest BCUT2D eigenvalue weighted by Gasteiger charge is 2.74. The fourth-order valence-corrected chi connectivity index (χ4v) is 5.55. The lowest BCUT2D eigenvalue weighted by Gasteiger charge is -2.60. The minimum absolute atomic E-state index is 0.0683. The third-order valence-electron chi connectivity index (χ3n) is 7.57. The molecule has 1 aliphatic carbocycles. The van der Waals surface area contributed by atoms with Gasteiger partial charge in [-0.1, -0.05) is 30.3 Å². The number of nitrogens with two attached hydrogens (primary N) is 1. The van der Waals surface area contributed by atoms with Gasteiger partial charge >= 0.3 is 6.18 Å². The van der Waals surface area contributed by atoms with E-state index in [1.54, 1.807) is 0 Å². The summed E-state index contributed by atoms with van der Waals surface area (Å²) in [5, 5.41) is 5.62. The maximum atomic E-state index is 13.7. The second-order valence-corrected chi connectivity index (χ2v) is 9.50. The van der Waals surface area contributed by atoms with Gasteiger partial charge in [0.1, 0.15) is 5.41 Å². The van der Waals surface area contributed by atoms with Crippen molar-refractivity contribution in [3.63, 3.8) is 0 Å². The average molecular weight is 483 g/mol. The van der Waals surface area contributed by atoms with Gasteiger partial charge in [0.15, 0.2) is 0 Å². The van der Waals surface area contributed by atoms with Crippen molar-refractivity contribution in [3.8, 4) is 0 Å². The number of carbonyl (C=O) groups is 3. The number of likely N-dealkylation sites (tertiary alicyclic amines) is 1. The number of alkyl halides is 3. The fourth-order valence-electron chi connectivity index (χ4n) is 5.55. The van der Waals surface area contributed by atoms with Crippen LogP contribution in [0, 0.1) is 22.7 Å². The molecule has 8 nitrogen and oxygen atoms in total. The highest BCUT2D eigenvalue weighted by molar-refractivity contribution is 5.90. The molecule has 3 fully saturated rings. The molecule has 1 spiro atoms. The topological polar surface area (TPSA) is 114 Å². The van der Waals surface area contributed by atoms with Gasteiger partial charge in [0.2, 0.25) is 17.7 Å². The van der Waals surface area contributed by atoms with Gasteiger partial charge in [-0.05, 0) is 18.4 Å². The Kier molecular flexibility index (Phi) is 6.36. The molecule has 1 saturated carbocycles. The first-order valence-corrected chi connectivity index (χ1v) is 11.3. The van der Waals surface area contributed by atoms with Crippen LogP contribution in [0.4, 0.5) is 13.2 Å². The molecule has 0 radical (unpaired) electrons. The lowest BCUT2D eigenvalue weighted by molar-refractivity contribution is -0.215. The molecule has 2 saturated heterocycles. The molecule has 4 rings (SSSR count). The van der Waals surface area contributed by atoms with Crippen molar-refractivity contribution in [3.05, 3.63) is 35.9 Å². The van der Waals surface area contributed by atoms with Gasteiger partial charge in [-0.3, -0.25) is 14.4 Å². The molecule has 0 bridgehead atoms. The molecule has 186 valence electrons. The van der Waals surface area contributed by atoms with Crippen LogP contribution in [-0.2, 0) is 25.7 Å². The quantitative estimate of drug-likeness (QED) is 0.508. The molecule has 3 aliphatic rings. The molecule has 4 N–H and O–H groups in total. The SMILES string of the molecule is CNC(=O)[C@H](COCc1ccccc1)C1N(C(=O)C2(C(F)(F)F)CC2)CC12CNCC2C(N)=O. The summed E-state index contributed by atoms with van der Waals surface area (Å²) in [7, 11) is 1.42. The Morgan fingerprint density at radius 2 is 1.94 bits per heavy atom. The van der Waals surface area contributed by atoms with Gasteiger partial charge in [-0.25, -0.2) is 0 Å². The van der Waals surface area contributed by atoms with E-state index in [2.05, 4.69) is 10.6 Å². The lowest BCUT2D eigenvalue weighted by Crippen LogP contribution is -2.75. The van der Waals surface area contributed by atoms with Gasteiger partial charge in [-0.2, -0.15) is 13.2 Å². The van der Waals surface area contributed by atoms with Crippen molar-refractivity contribution in [2.24, 2.45) is 28.4 Å². The Labute approximate surface area is 195 Å². The molecule has 0 aromatic heterocycles. The van der Waals surface area contributed by atoms with Crippen LogP contribution < -0.4 is 16.4 Å². The summed E-state index contributed by atoms with van der Waals surface area (Å²) >= 11 is 0. The van der Waals surface area contributed by atoms with E-state index in [4.69, 9.17) is 10.5 Å². The van der Waals surface area contributed by atoms with Crippen LogP contribution >= 0.6 is 0 Å². The number of hydrogen-bond acceptors (Lipinski definition) is 5. The summed E-state index contributed by atoms with van der Waals surface area (Å²) in [6, 6.07) is 8.26. The average Bonchev–Trinajstić information content (AvgIpc) is 3.49. The summed E-state index contributed by atoms with van der Waals surface area (Å²) < 4.78 is 47.0. The zero-order valence-electron chi connectivity index (χ0n) is 18.9. The van der Waals surface area contributed by atoms with E-state index >= 15 is 0 Å². The van der Waals surface area contributed by atoms with Gasteiger partial charge < -0.3 is 26.0 Å². The first-order valence-electron chi connectivity index (χ1n) is 11.3. The third kappa shape index (κ3) is 3.94. The second kappa shape index (κ2) is 8.84. The monoisotopic (exact) mass is 482 g/mol. The first kappa shape index (κ1) is 24.5. The zero-order chi connectivity index (χ0) is 24.7. The summed E-state index contributed by atoms with van der Waals surface area (Å²) in [4.78, 5) is 39.5. The van der Waals surface area contributed by atoms with Gasteiger partial charge in [-0.15, -0.1) is 0 Å². The molecule has 34 heavy (non-hydrogen) atoms. The number of amides is 3. The molecule has 2 heterocycles. The Morgan fingerprint density at radius 3 is 2.50 bits per heavy atom. The predicted octanol–water partition coefficient (Wildman–Crippen LogP) is 0.810. The third-order valence-corrected chi connectivity index (χ3v) is 7.57. The van der Waals surface area contributed by atoms with E-state index in [-0.39, 0.29) is 45.7 Å². The fraction of sp³-hybridized carbons (Fsp3) is 0.609. The molecule has 3 amide bonds. The second-order valence-electron chi connectivity index (χ2n) is 9.50. The van der Waals surface area contributed by atoms with Crippen molar-refractivity contribution in [1.29, 1.82) is 0 Å². The van der Waals surface area contributed by atoms with E-state index < -0.39 is 52.6 Å². The molecular weight excluding hydrogens is 453 g/mol. The number of benzene rings is 1. The largest absolute Gasteiger partial charge is 0.403 e. The van der Waals surface area contributed by atoms with Crippen LogP contribution in [0.5, 0.6) is 0 Å². The molecule has 4 atom stereocenters. The summed E-state index contributed by atoms with van der Waals surface area (Å²) in [6.07, 6.45) is -5.24. The lowest BCUT2D eigenvalue weighted by atomic mass is 9.60. The number of halogens is 3. The minimum Gasteiger partial charge on any atom is -0.376 e. The smallest absolute Gasteiger partial charge is 0.376 e. The number of nitrogens with zero attached hydrogens (tertiary/aromatic N) is 1. The summed E-state index contributed by atoms with van der Waals surface area (Å²) in [5.41, 5.74) is 3.14. The highest BCUT2D eigenvalue weighted by atomic mass is 19.4. The van der Waals surface area contributed by atoms with E-state index in [0.29, 0.717) is 0 Å². The van der Waals surface area contributed by atoms with Gasteiger partial charge in [0.05, 0.1) is 31.1 Å². The van der Waals surface area contributed by atoms with Crippen LogP contribution in [0.15, 0.2) is 30.3 Å². The summed E-state index contributed by atoms with van der Waals surface area (Å²) in [5.74, 6) is -3.81. The number of carbonyl (C=O) groups excluding carboxylic acids is 3. The van der Waals surface area contributed by atoms with Gasteiger partial charge in [0, 0.05) is 32.1 Å². The van der Waals surface area contributed by atoms with E-state index in [1.165, 1.54) is 7.05 Å². The van der Waals surface area contributed by atoms with Crippen molar-refractivity contribution >= 4 is 17.7 Å². The number of nitrogens with one attached hydrogen (secondary N) is 2. The summed E-state index contributed by atoms with van der Waals surface area (Å²) in [6.45, 7) is 0.492. The Hall–Kier alpha value is -2.66. The first-order chi connectivity index (χ1) is 16.1. The highest BCUT2D eigenvalue weighted by Crippen LogP contribution is 2.61. The van der Waals surface area contributed by atoms with Crippen molar-refractivity contribution in [2.75, 3.05) is 33.3 Å². The number of primary amides is 1. The standard InChI is InChI=1S/C23H29F3N4O4/c1-28-19(32)15(11-34-10-14-5-3-2-4-6-14)17-21(12-29-9-16(21)18(27)31)13-30(17)20(33)22(7-8-22)23(24,25)26/h2-6,15-17,29H,7-13H2,1H3,(H2,27,31)(H,28,32)/t15-,16?,17?,21?/m1/s1. The van der Waals surface area contributed by atoms with Crippen LogP contribution in [-0.4, -0.2) is 68.1 Å². The van der Waals surface area contributed by atoms with Crippen molar-refractivity contribution in [2.45, 2.75) is 31.7 Å². The van der Waals surface area contributed by atoms with E-state index in [9.17, 15) is 27.6 Å². The molecule has 2 aliphatic heterocycles. The van der Waals surface area contributed by atoms with Crippen LogP contribution in [0.2, 0.25) is 0 Å². The van der Waals surface area contributed by atoms with Crippen molar-refractivity contribution in [1.82, 2.24) is 15.5 Å². The number of ether oxygens (including phenoxy) is 1. The predicted molar refractivity (Wildman–Crippen MR) is 115 cm³/mol. The molecule has 3 unspecified atom stereocenters. The molecular formula is C23H29F3N4O4. The Bertz CT molecular complexity index is 953. The zero-order valence-corrected chi connectivity index (χ0v) is 18.9. The molecule has 11 heteroatoms. The maximum absolute atomic E-state index is 13.7. The van der Waals surface area contributed by atoms with E-state index in [0.717, 1.165) is 10.5 Å². The maximum Gasteiger partial charge on any atom is 0.403 e. The molecule has 1 aromatic rings. The Balaban J connectivity index is 1.63. The van der Waals surface area contributed by atoms with Crippen LogP contribution in [0.3, 0.4) is 0 Å². The van der Waals surface area contributed by atoms with Crippen molar-refractivity contribution < 1.29 is 32.3 Å². The normalized spacial score (nSPS) is 28.3. The number of hydrogen-bond donors (Lipinski definition) is 3. The van der Waals surface area contributed by atoms with Crippen LogP contribution in [0.1, 0.15) is 18.4 Å².